The van der Waals surface area contributed by atoms with Gasteiger partial charge in [-0.15, -0.1) is 0 Å². The predicted octanol–water partition coefficient (Wildman–Crippen LogP) is 1.59. The largest absolute Gasteiger partial charge is 0.418 e. The van der Waals surface area contributed by atoms with Crippen molar-refractivity contribution < 1.29 is 21.6 Å². The number of nitrogens with one attached hydrogen (secondary N) is 1. The van der Waals surface area contributed by atoms with E-state index in [-0.39, 0.29) is 23.7 Å². The SMILES string of the molecule is CN(C)S(=O)(=O)CCNc1ccc(N)c(C(F)(F)F)c1. The number of nitrogens with zero attached hydrogens (tertiary/aromatic N) is 1. The Labute approximate surface area is 115 Å². The van der Waals surface area contributed by atoms with Crippen LogP contribution in [-0.2, 0) is 16.2 Å². The zero-order valence-electron chi connectivity index (χ0n) is 11.0. The fourth-order valence-electron chi connectivity index (χ4n) is 1.42. The summed E-state index contributed by atoms with van der Waals surface area (Å²) in [4.78, 5) is 0. The molecule has 0 radical (unpaired) electrons. The summed E-state index contributed by atoms with van der Waals surface area (Å²) in [5.74, 6) is -0.217. The Morgan fingerprint density at radius 3 is 2.40 bits per heavy atom. The van der Waals surface area contributed by atoms with Crippen LogP contribution in [0.3, 0.4) is 0 Å². The van der Waals surface area contributed by atoms with E-state index in [1.165, 1.54) is 20.2 Å². The predicted molar refractivity (Wildman–Crippen MR) is 71.8 cm³/mol. The lowest BCUT2D eigenvalue weighted by Gasteiger charge is -2.14. The van der Waals surface area contributed by atoms with Crippen LogP contribution in [-0.4, -0.2) is 39.1 Å². The number of benzene rings is 1. The number of nitrogen functional groups attached to an aromatic ring is 1. The second-order valence-corrected chi connectivity index (χ2v) is 6.63. The monoisotopic (exact) mass is 311 g/mol. The third-order valence-electron chi connectivity index (χ3n) is 2.60. The highest BCUT2D eigenvalue weighted by Crippen LogP contribution is 2.35. The molecule has 0 fully saturated rings. The van der Waals surface area contributed by atoms with Gasteiger partial charge in [0.25, 0.3) is 0 Å². The van der Waals surface area contributed by atoms with E-state index >= 15 is 0 Å². The van der Waals surface area contributed by atoms with Crippen LogP contribution in [0.2, 0.25) is 0 Å². The summed E-state index contributed by atoms with van der Waals surface area (Å²) >= 11 is 0. The van der Waals surface area contributed by atoms with Gasteiger partial charge in [0.1, 0.15) is 0 Å². The molecule has 0 aliphatic rings. The fourth-order valence-corrected chi connectivity index (χ4v) is 2.14. The van der Waals surface area contributed by atoms with Gasteiger partial charge < -0.3 is 11.1 Å². The van der Waals surface area contributed by atoms with Gasteiger partial charge in [0, 0.05) is 32.0 Å². The van der Waals surface area contributed by atoms with Crippen LogP contribution in [0.15, 0.2) is 18.2 Å². The summed E-state index contributed by atoms with van der Waals surface area (Å²) < 4.78 is 61.9. The molecule has 114 valence electrons. The molecule has 0 unspecified atom stereocenters. The Balaban J connectivity index is 2.76. The van der Waals surface area contributed by atoms with E-state index in [1.807, 2.05) is 0 Å². The summed E-state index contributed by atoms with van der Waals surface area (Å²) in [5.41, 5.74) is 4.11. The van der Waals surface area contributed by atoms with Crippen LogP contribution in [0.4, 0.5) is 24.5 Å². The van der Waals surface area contributed by atoms with Crippen LogP contribution >= 0.6 is 0 Å². The number of hydrogen-bond donors (Lipinski definition) is 2. The van der Waals surface area contributed by atoms with Crippen molar-refractivity contribution in [2.45, 2.75) is 6.18 Å². The highest BCUT2D eigenvalue weighted by Gasteiger charge is 2.33. The van der Waals surface area contributed by atoms with Crippen molar-refractivity contribution in [3.63, 3.8) is 0 Å². The molecule has 1 aromatic carbocycles. The van der Waals surface area contributed by atoms with Crippen LogP contribution in [0, 0.1) is 0 Å². The second-order valence-electron chi connectivity index (χ2n) is 4.32. The first-order chi connectivity index (χ1) is 9.04. The summed E-state index contributed by atoms with van der Waals surface area (Å²) in [7, 11) is -0.613. The van der Waals surface area contributed by atoms with Crippen molar-refractivity contribution in [1.82, 2.24) is 4.31 Å². The van der Waals surface area contributed by atoms with E-state index in [9.17, 15) is 21.6 Å². The lowest BCUT2D eigenvalue weighted by molar-refractivity contribution is -0.136. The van der Waals surface area contributed by atoms with Gasteiger partial charge in [-0.1, -0.05) is 0 Å². The number of rotatable bonds is 5. The van der Waals surface area contributed by atoms with Crippen LogP contribution in [0.25, 0.3) is 0 Å². The number of alkyl halides is 3. The maximum absolute atomic E-state index is 12.6. The first-order valence-corrected chi connectivity index (χ1v) is 7.26. The summed E-state index contributed by atoms with van der Waals surface area (Å²) in [5, 5.41) is 2.63. The molecule has 0 heterocycles. The van der Waals surface area contributed by atoms with Gasteiger partial charge in [-0.2, -0.15) is 13.2 Å². The van der Waals surface area contributed by atoms with Crippen LogP contribution < -0.4 is 11.1 Å². The van der Waals surface area contributed by atoms with Crippen molar-refractivity contribution in [2.75, 3.05) is 37.4 Å². The minimum Gasteiger partial charge on any atom is -0.398 e. The zero-order chi connectivity index (χ0) is 15.6. The minimum absolute atomic E-state index is 0.00171. The van der Waals surface area contributed by atoms with E-state index < -0.39 is 21.8 Å². The number of nitrogens with two attached hydrogens (primary N) is 1. The van der Waals surface area contributed by atoms with Gasteiger partial charge >= 0.3 is 6.18 Å². The third-order valence-corrected chi connectivity index (χ3v) is 4.44. The molecule has 0 amide bonds. The topological polar surface area (TPSA) is 75.4 Å². The van der Waals surface area contributed by atoms with Crippen LogP contribution in [0.5, 0.6) is 0 Å². The molecule has 0 aliphatic carbocycles. The quantitative estimate of drug-likeness (QED) is 0.810. The van der Waals surface area contributed by atoms with Crippen molar-refractivity contribution in [3.05, 3.63) is 23.8 Å². The van der Waals surface area contributed by atoms with Gasteiger partial charge in [-0.3, -0.25) is 0 Å². The first kappa shape index (κ1) is 16.6. The van der Waals surface area contributed by atoms with E-state index in [4.69, 9.17) is 5.73 Å². The first-order valence-electron chi connectivity index (χ1n) is 5.65. The Morgan fingerprint density at radius 1 is 1.30 bits per heavy atom. The molecule has 0 saturated heterocycles. The van der Waals surface area contributed by atoms with Crippen molar-refractivity contribution in [3.8, 4) is 0 Å². The molecule has 3 N–H and O–H groups in total. The molecule has 1 aromatic rings. The van der Waals surface area contributed by atoms with Crippen molar-refractivity contribution >= 4 is 21.4 Å². The summed E-state index contributed by atoms with van der Waals surface area (Å²) in [6.45, 7) is 0.00171. The number of sulfonamides is 1. The highest BCUT2D eigenvalue weighted by atomic mass is 32.2. The molecule has 0 spiro atoms. The maximum atomic E-state index is 12.6. The lowest BCUT2D eigenvalue weighted by Crippen LogP contribution is -2.28. The Hall–Kier alpha value is -1.48. The Morgan fingerprint density at radius 2 is 1.90 bits per heavy atom. The zero-order valence-corrected chi connectivity index (χ0v) is 11.8. The molecule has 0 aromatic heterocycles. The van der Waals surface area contributed by atoms with Crippen molar-refractivity contribution in [2.24, 2.45) is 0 Å². The normalized spacial score (nSPS) is 12.7. The Bertz CT molecular complexity index is 571. The highest BCUT2D eigenvalue weighted by molar-refractivity contribution is 7.89. The Kier molecular flexibility index (Phi) is 4.87. The van der Waals surface area contributed by atoms with E-state index in [0.717, 1.165) is 16.4 Å². The average molecular weight is 311 g/mol. The fraction of sp³-hybridized carbons (Fsp3) is 0.455. The maximum Gasteiger partial charge on any atom is 0.418 e. The van der Waals surface area contributed by atoms with Gasteiger partial charge in [0.15, 0.2) is 0 Å². The number of halogens is 3. The molecule has 20 heavy (non-hydrogen) atoms. The number of anilines is 2. The molecule has 0 bridgehead atoms. The average Bonchev–Trinajstić information content (AvgIpc) is 2.29. The molecule has 0 aliphatic heterocycles. The minimum atomic E-state index is -4.54. The van der Waals surface area contributed by atoms with Crippen molar-refractivity contribution in [1.29, 1.82) is 0 Å². The van der Waals surface area contributed by atoms with E-state index in [1.54, 1.807) is 0 Å². The van der Waals surface area contributed by atoms with E-state index in [2.05, 4.69) is 5.32 Å². The molecule has 0 saturated carbocycles. The second kappa shape index (κ2) is 5.88. The molecule has 9 heteroatoms. The van der Waals surface area contributed by atoms with Crippen LogP contribution in [0.1, 0.15) is 5.56 Å². The summed E-state index contributed by atoms with van der Waals surface area (Å²) in [6, 6.07) is 3.36. The summed E-state index contributed by atoms with van der Waals surface area (Å²) in [6.07, 6.45) is -4.54. The molecular weight excluding hydrogens is 295 g/mol. The molecule has 1 rings (SSSR count). The molecule has 0 atom stereocenters. The third kappa shape index (κ3) is 4.27. The molecule has 5 nitrogen and oxygen atoms in total. The van der Waals surface area contributed by atoms with Gasteiger partial charge in [0.05, 0.1) is 11.3 Å². The smallest absolute Gasteiger partial charge is 0.398 e. The van der Waals surface area contributed by atoms with Gasteiger partial charge in [-0.25, -0.2) is 12.7 Å². The van der Waals surface area contributed by atoms with Gasteiger partial charge in [0.2, 0.25) is 10.0 Å². The number of hydrogen-bond acceptors (Lipinski definition) is 4. The lowest BCUT2D eigenvalue weighted by atomic mass is 10.1. The molecular formula is C11H16F3N3O2S. The van der Waals surface area contributed by atoms with Gasteiger partial charge in [-0.05, 0) is 18.2 Å². The van der Waals surface area contributed by atoms with E-state index in [0.29, 0.717) is 0 Å². The standard InChI is InChI=1S/C11H16F3N3O2S/c1-17(2)20(18,19)6-5-16-8-3-4-10(15)9(7-8)11(12,13)14/h3-4,7,16H,5-6,15H2,1-2H3.